The molecule has 0 radical (unpaired) electrons. The van der Waals surface area contributed by atoms with Crippen molar-refractivity contribution in [2.45, 2.75) is 13.8 Å². The molecular formula is C17H15NS2. The quantitative estimate of drug-likeness (QED) is 0.630. The van der Waals surface area contributed by atoms with Crippen molar-refractivity contribution in [2.24, 2.45) is 0 Å². The summed E-state index contributed by atoms with van der Waals surface area (Å²) in [4.78, 5) is 5.66. The van der Waals surface area contributed by atoms with Crippen LogP contribution in [0.5, 0.6) is 0 Å². The van der Waals surface area contributed by atoms with E-state index in [0.717, 1.165) is 21.0 Å². The first kappa shape index (κ1) is 13.4. The highest BCUT2D eigenvalue weighted by Crippen LogP contribution is 2.33. The molecule has 0 aliphatic heterocycles. The molecule has 20 heavy (non-hydrogen) atoms. The van der Waals surface area contributed by atoms with Gasteiger partial charge in [-0.1, -0.05) is 42.5 Å². The van der Waals surface area contributed by atoms with Gasteiger partial charge in [0, 0.05) is 4.91 Å². The number of thiazole rings is 1. The van der Waals surface area contributed by atoms with E-state index in [2.05, 4.69) is 56.8 Å². The Bertz CT molecular complexity index is 746. The van der Waals surface area contributed by atoms with Crippen LogP contribution in [0.1, 0.15) is 21.7 Å². The summed E-state index contributed by atoms with van der Waals surface area (Å²) in [6.45, 7) is 4.23. The van der Waals surface area contributed by atoms with Gasteiger partial charge in [-0.15, -0.1) is 24.0 Å². The summed E-state index contributed by atoms with van der Waals surface area (Å²) < 4.78 is 1.26. The van der Waals surface area contributed by atoms with Gasteiger partial charge >= 0.3 is 0 Å². The molecule has 0 spiro atoms. The highest BCUT2D eigenvalue weighted by atomic mass is 32.1. The van der Waals surface area contributed by atoms with Crippen LogP contribution in [0.3, 0.4) is 0 Å². The maximum Gasteiger partial charge on any atom is 0.130 e. The third-order valence-corrected chi connectivity index (χ3v) is 4.98. The molecule has 3 rings (SSSR count). The molecule has 1 heterocycles. The Morgan fingerprint density at radius 3 is 2.45 bits per heavy atom. The second-order valence-electron chi connectivity index (χ2n) is 4.84. The second-order valence-corrected chi connectivity index (χ2v) is 6.32. The van der Waals surface area contributed by atoms with E-state index in [4.69, 9.17) is 4.98 Å². The van der Waals surface area contributed by atoms with E-state index in [1.165, 1.54) is 15.8 Å². The van der Waals surface area contributed by atoms with Gasteiger partial charge in [-0.25, -0.2) is 4.98 Å². The van der Waals surface area contributed by atoms with Gasteiger partial charge in [0.15, 0.2) is 0 Å². The lowest BCUT2D eigenvalue weighted by Gasteiger charge is -1.96. The van der Waals surface area contributed by atoms with Gasteiger partial charge in [0.1, 0.15) is 5.01 Å². The van der Waals surface area contributed by atoms with Crippen LogP contribution >= 0.6 is 24.0 Å². The van der Waals surface area contributed by atoms with Gasteiger partial charge in [-0.05, 0) is 36.6 Å². The summed E-state index contributed by atoms with van der Waals surface area (Å²) in [6.07, 6.45) is 2.06. The van der Waals surface area contributed by atoms with Crippen LogP contribution in [0.2, 0.25) is 0 Å². The zero-order chi connectivity index (χ0) is 14.1. The monoisotopic (exact) mass is 297 g/mol. The molecule has 1 nitrogen and oxygen atoms in total. The highest BCUT2D eigenvalue weighted by molar-refractivity contribution is 7.91. The first-order valence-electron chi connectivity index (χ1n) is 6.48. The number of hydrogen-bond acceptors (Lipinski definition) is 3. The Hall–Kier alpha value is -1.58. The average molecular weight is 297 g/mol. The van der Waals surface area contributed by atoms with Gasteiger partial charge in [0.2, 0.25) is 0 Å². The summed E-state index contributed by atoms with van der Waals surface area (Å²) >= 11 is 6.33. The Morgan fingerprint density at radius 1 is 1.05 bits per heavy atom. The third kappa shape index (κ3) is 2.51. The number of thiol groups is 1. The lowest BCUT2D eigenvalue weighted by atomic mass is 10.1. The Labute approximate surface area is 128 Å². The zero-order valence-electron chi connectivity index (χ0n) is 11.4. The molecule has 0 bridgehead atoms. The molecule has 0 aliphatic rings. The molecule has 0 amide bonds. The fraction of sp³-hybridized carbons (Fsp3) is 0.118. The maximum atomic E-state index is 4.74. The highest BCUT2D eigenvalue weighted by Gasteiger charge is 2.10. The van der Waals surface area contributed by atoms with Crippen LogP contribution in [0.25, 0.3) is 21.2 Å². The fourth-order valence-corrected chi connectivity index (χ4v) is 3.50. The Balaban J connectivity index is 2.09. The molecule has 0 aliphatic carbocycles. The molecule has 1 aromatic heterocycles. The van der Waals surface area contributed by atoms with E-state index < -0.39 is 0 Å². The maximum absolute atomic E-state index is 4.74. The van der Waals surface area contributed by atoms with Crippen molar-refractivity contribution in [3.8, 4) is 0 Å². The van der Waals surface area contributed by atoms with Gasteiger partial charge < -0.3 is 0 Å². The van der Waals surface area contributed by atoms with Crippen LogP contribution in [0.15, 0.2) is 42.5 Å². The van der Waals surface area contributed by atoms with Gasteiger partial charge in [0.25, 0.3) is 0 Å². The van der Waals surface area contributed by atoms with Crippen LogP contribution in [0.4, 0.5) is 0 Å². The van der Waals surface area contributed by atoms with Crippen molar-refractivity contribution in [1.82, 2.24) is 4.98 Å². The molecule has 2 aromatic carbocycles. The molecule has 100 valence electrons. The summed E-state index contributed by atoms with van der Waals surface area (Å²) in [5.41, 5.74) is 4.73. The molecule has 0 unspecified atom stereocenters. The largest absolute Gasteiger partial charge is 0.235 e. The first-order valence-corrected chi connectivity index (χ1v) is 7.74. The zero-order valence-corrected chi connectivity index (χ0v) is 13.1. The minimum Gasteiger partial charge on any atom is -0.235 e. The number of fused-ring (bicyclic) bond motifs is 1. The molecular weight excluding hydrogens is 282 g/mol. The fourth-order valence-electron chi connectivity index (χ4n) is 2.14. The number of rotatable bonds is 2. The molecule has 0 saturated carbocycles. The van der Waals surface area contributed by atoms with Crippen molar-refractivity contribution in [3.05, 3.63) is 64.2 Å². The van der Waals surface area contributed by atoms with E-state index in [0.29, 0.717) is 0 Å². The molecule has 3 heteroatoms. The standard InChI is InChI=1S/C17H15NS2/c1-11-8-9-12(2)16-15(11)18-17(20-16)14(19)10-13-6-4-3-5-7-13/h3-10,19H,1-2H3/b14-10-. The minimum atomic E-state index is 0.913. The summed E-state index contributed by atoms with van der Waals surface area (Å²) in [7, 11) is 0. The number of aryl methyl sites for hydroxylation is 2. The van der Waals surface area contributed by atoms with Crippen molar-refractivity contribution in [3.63, 3.8) is 0 Å². The van der Waals surface area contributed by atoms with E-state index >= 15 is 0 Å². The molecule has 0 N–H and O–H groups in total. The van der Waals surface area contributed by atoms with Crippen LogP contribution in [-0.2, 0) is 0 Å². The number of hydrogen-bond donors (Lipinski definition) is 1. The lowest BCUT2D eigenvalue weighted by Crippen LogP contribution is -1.80. The van der Waals surface area contributed by atoms with Crippen molar-refractivity contribution < 1.29 is 0 Å². The number of benzene rings is 2. The van der Waals surface area contributed by atoms with Crippen molar-refractivity contribution in [1.29, 1.82) is 0 Å². The van der Waals surface area contributed by atoms with E-state index in [9.17, 15) is 0 Å². The Morgan fingerprint density at radius 2 is 1.75 bits per heavy atom. The third-order valence-electron chi connectivity index (χ3n) is 3.26. The van der Waals surface area contributed by atoms with E-state index in [1.807, 2.05) is 18.2 Å². The van der Waals surface area contributed by atoms with Crippen LogP contribution < -0.4 is 0 Å². The second kappa shape index (κ2) is 5.43. The van der Waals surface area contributed by atoms with E-state index in [1.54, 1.807) is 11.3 Å². The minimum absolute atomic E-state index is 0.913. The topological polar surface area (TPSA) is 12.9 Å². The van der Waals surface area contributed by atoms with Gasteiger partial charge in [-0.3, -0.25) is 0 Å². The molecule has 0 saturated heterocycles. The van der Waals surface area contributed by atoms with Crippen molar-refractivity contribution >= 4 is 45.2 Å². The summed E-state index contributed by atoms with van der Waals surface area (Å²) in [5, 5.41) is 0.976. The number of nitrogens with zero attached hydrogens (tertiary/aromatic N) is 1. The average Bonchev–Trinajstić information content (AvgIpc) is 2.91. The Kier molecular flexibility index (Phi) is 3.64. The SMILES string of the molecule is Cc1ccc(C)c2sc(/C(S)=C/c3ccccc3)nc12. The van der Waals surface area contributed by atoms with Crippen LogP contribution in [0, 0.1) is 13.8 Å². The lowest BCUT2D eigenvalue weighted by molar-refractivity contribution is 1.39. The van der Waals surface area contributed by atoms with Gasteiger partial charge in [-0.2, -0.15) is 0 Å². The molecule has 3 aromatic rings. The normalized spacial score (nSPS) is 12.1. The molecule has 0 atom stereocenters. The predicted octanol–water partition coefficient (Wildman–Crippen LogP) is 5.34. The summed E-state index contributed by atoms with van der Waals surface area (Å²) in [6, 6.07) is 14.5. The predicted molar refractivity (Wildman–Crippen MR) is 92.4 cm³/mol. The number of aromatic nitrogens is 1. The van der Waals surface area contributed by atoms with Crippen LogP contribution in [-0.4, -0.2) is 4.98 Å². The van der Waals surface area contributed by atoms with Crippen molar-refractivity contribution in [2.75, 3.05) is 0 Å². The van der Waals surface area contributed by atoms with Gasteiger partial charge in [0.05, 0.1) is 10.2 Å². The summed E-state index contributed by atoms with van der Waals surface area (Å²) in [5.74, 6) is 0. The van der Waals surface area contributed by atoms with E-state index in [-0.39, 0.29) is 0 Å². The smallest absolute Gasteiger partial charge is 0.130 e. The first-order chi connectivity index (χ1) is 9.65. The molecule has 0 fully saturated rings.